The number of carbonyl (C=O) groups excluding carboxylic acids is 1. The smallest absolute Gasteiger partial charge is 0.253 e. The van der Waals surface area contributed by atoms with Crippen molar-refractivity contribution >= 4 is 23.4 Å². The zero-order chi connectivity index (χ0) is 13.7. The first-order valence-electron chi connectivity index (χ1n) is 6.37. The van der Waals surface area contributed by atoms with E-state index in [4.69, 9.17) is 6.42 Å². The molecule has 0 radical (unpaired) electrons. The van der Waals surface area contributed by atoms with E-state index in [-0.39, 0.29) is 5.91 Å². The van der Waals surface area contributed by atoms with E-state index >= 15 is 0 Å². The number of thioether (sulfide) groups is 1. The van der Waals surface area contributed by atoms with Gasteiger partial charge in [0.15, 0.2) is 0 Å². The van der Waals surface area contributed by atoms with Gasteiger partial charge in [-0.15, -0.1) is 6.42 Å². The van der Waals surface area contributed by atoms with Gasteiger partial charge in [-0.2, -0.15) is 11.8 Å². The maximum Gasteiger partial charge on any atom is 0.253 e. The topological polar surface area (TPSA) is 32.3 Å². The van der Waals surface area contributed by atoms with Gasteiger partial charge in [-0.25, -0.2) is 0 Å². The van der Waals surface area contributed by atoms with Crippen LogP contribution in [0.4, 0.5) is 5.69 Å². The van der Waals surface area contributed by atoms with E-state index in [2.05, 4.69) is 11.2 Å². The van der Waals surface area contributed by atoms with Crippen molar-refractivity contribution in [1.82, 2.24) is 4.90 Å². The quantitative estimate of drug-likeness (QED) is 0.858. The first kappa shape index (κ1) is 13.8. The fourth-order valence-corrected chi connectivity index (χ4v) is 2.99. The Morgan fingerprint density at radius 2 is 2.21 bits per heavy atom. The van der Waals surface area contributed by atoms with E-state index in [0.717, 1.165) is 41.4 Å². The summed E-state index contributed by atoms with van der Waals surface area (Å²) in [6.07, 6.45) is 5.23. The number of carbonyl (C=O) groups is 1. The Bertz CT molecular complexity index is 501. The van der Waals surface area contributed by atoms with Crippen molar-refractivity contribution in [1.29, 1.82) is 0 Å². The lowest BCUT2D eigenvalue weighted by atomic mass is 10.1. The maximum atomic E-state index is 12.3. The molecule has 3 nitrogen and oxygen atoms in total. The third-order valence-electron chi connectivity index (χ3n) is 3.15. The molecule has 1 aliphatic rings. The summed E-state index contributed by atoms with van der Waals surface area (Å²) in [7, 11) is 0. The summed E-state index contributed by atoms with van der Waals surface area (Å²) < 4.78 is 0. The molecule has 0 unspecified atom stereocenters. The molecule has 0 spiro atoms. The Kier molecular flexibility index (Phi) is 4.75. The minimum absolute atomic E-state index is 0.131. The van der Waals surface area contributed by atoms with Crippen molar-refractivity contribution in [3.05, 3.63) is 29.3 Å². The summed E-state index contributed by atoms with van der Waals surface area (Å²) in [5.74, 6) is 4.74. The summed E-state index contributed by atoms with van der Waals surface area (Å²) in [5, 5.41) is 3.14. The number of rotatable bonds is 3. The number of anilines is 1. The van der Waals surface area contributed by atoms with Crippen LogP contribution >= 0.6 is 11.8 Å². The van der Waals surface area contributed by atoms with Gasteiger partial charge in [0.25, 0.3) is 5.91 Å². The van der Waals surface area contributed by atoms with Crippen LogP contribution in [0.5, 0.6) is 0 Å². The first-order chi connectivity index (χ1) is 9.22. The molecule has 0 saturated carbocycles. The predicted octanol–water partition coefficient (Wildman–Crippen LogP) is 2.23. The highest BCUT2D eigenvalue weighted by molar-refractivity contribution is 7.99. The van der Waals surface area contributed by atoms with Crippen molar-refractivity contribution in [2.24, 2.45) is 0 Å². The molecular formula is C15H18N2OS. The molecule has 1 fully saturated rings. The van der Waals surface area contributed by atoms with Gasteiger partial charge in [0.2, 0.25) is 0 Å². The number of nitrogens with one attached hydrogen (secondary N) is 1. The minimum atomic E-state index is 0.131. The number of amides is 1. The van der Waals surface area contributed by atoms with E-state index in [1.54, 1.807) is 0 Å². The van der Waals surface area contributed by atoms with Gasteiger partial charge < -0.3 is 10.2 Å². The van der Waals surface area contributed by atoms with Gasteiger partial charge in [0.1, 0.15) is 0 Å². The normalized spacial score (nSPS) is 14.8. The maximum absolute atomic E-state index is 12.3. The van der Waals surface area contributed by atoms with Gasteiger partial charge in [-0.05, 0) is 30.7 Å². The van der Waals surface area contributed by atoms with Crippen LogP contribution in [0.2, 0.25) is 0 Å². The molecule has 1 aromatic carbocycles. The highest BCUT2D eigenvalue weighted by Crippen LogP contribution is 2.19. The van der Waals surface area contributed by atoms with Crippen LogP contribution in [0.3, 0.4) is 0 Å². The SMILES string of the molecule is C#CCNc1ccc(C(=O)N2CCSCC2)cc1C. The highest BCUT2D eigenvalue weighted by atomic mass is 32.2. The molecule has 0 atom stereocenters. The van der Waals surface area contributed by atoms with Gasteiger partial charge in [0, 0.05) is 35.8 Å². The van der Waals surface area contributed by atoms with E-state index in [9.17, 15) is 4.79 Å². The molecule has 1 aromatic rings. The molecular weight excluding hydrogens is 256 g/mol. The fraction of sp³-hybridized carbons (Fsp3) is 0.400. The molecule has 1 N–H and O–H groups in total. The van der Waals surface area contributed by atoms with Crippen molar-refractivity contribution in [3.63, 3.8) is 0 Å². The molecule has 100 valence electrons. The van der Waals surface area contributed by atoms with Gasteiger partial charge in [-0.1, -0.05) is 5.92 Å². The molecule has 1 aliphatic heterocycles. The Hall–Kier alpha value is -1.60. The standard InChI is InChI=1S/C15H18N2OS/c1-3-6-16-14-5-4-13(11-12(14)2)15(18)17-7-9-19-10-8-17/h1,4-5,11,16H,6-10H2,2H3. The van der Waals surface area contributed by atoms with Crippen LogP contribution in [0, 0.1) is 19.3 Å². The molecule has 4 heteroatoms. The number of aryl methyl sites for hydroxylation is 1. The zero-order valence-electron chi connectivity index (χ0n) is 11.1. The van der Waals surface area contributed by atoms with Gasteiger partial charge >= 0.3 is 0 Å². The van der Waals surface area contributed by atoms with Crippen LogP contribution < -0.4 is 5.32 Å². The fourth-order valence-electron chi connectivity index (χ4n) is 2.09. The summed E-state index contributed by atoms with van der Waals surface area (Å²) in [5.41, 5.74) is 2.80. The van der Waals surface area contributed by atoms with Crippen LogP contribution in [0.15, 0.2) is 18.2 Å². The van der Waals surface area contributed by atoms with Crippen LogP contribution in [0.1, 0.15) is 15.9 Å². The number of benzene rings is 1. The van der Waals surface area contributed by atoms with E-state index in [1.165, 1.54) is 0 Å². The number of hydrogen-bond donors (Lipinski definition) is 1. The molecule has 1 amide bonds. The molecule has 1 heterocycles. The second-order valence-corrected chi connectivity index (χ2v) is 5.72. The minimum Gasteiger partial charge on any atom is -0.374 e. The molecule has 2 rings (SSSR count). The molecule has 19 heavy (non-hydrogen) atoms. The lowest BCUT2D eigenvalue weighted by Crippen LogP contribution is -2.37. The first-order valence-corrected chi connectivity index (χ1v) is 7.53. The second-order valence-electron chi connectivity index (χ2n) is 4.49. The van der Waals surface area contributed by atoms with E-state index in [0.29, 0.717) is 6.54 Å². The third-order valence-corrected chi connectivity index (χ3v) is 4.10. The molecule has 0 aliphatic carbocycles. The zero-order valence-corrected chi connectivity index (χ0v) is 11.9. The van der Waals surface area contributed by atoms with Gasteiger partial charge in [-0.3, -0.25) is 4.79 Å². The van der Waals surface area contributed by atoms with Crippen LogP contribution in [-0.4, -0.2) is 41.9 Å². The van der Waals surface area contributed by atoms with Crippen molar-refractivity contribution in [3.8, 4) is 12.3 Å². The summed E-state index contributed by atoms with van der Waals surface area (Å²) in [6.45, 7) is 4.18. The highest BCUT2D eigenvalue weighted by Gasteiger charge is 2.18. The number of hydrogen-bond acceptors (Lipinski definition) is 3. The van der Waals surface area contributed by atoms with Crippen molar-refractivity contribution < 1.29 is 4.79 Å². The number of nitrogens with zero attached hydrogens (tertiary/aromatic N) is 1. The average Bonchev–Trinajstić information content (AvgIpc) is 2.46. The van der Waals surface area contributed by atoms with E-state index < -0.39 is 0 Å². The Morgan fingerprint density at radius 1 is 1.47 bits per heavy atom. The number of terminal acetylenes is 1. The summed E-state index contributed by atoms with van der Waals surface area (Å²) in [6, 6.07) is 5.73. The summed E-state index contributed by atoms with van der Waals surface area (Å²) in [4.78, 5) is 14.3. The second kappa shape index (κ2) is 6.53. The lowest BCUT2D eigenvalue weighted by molar-refractivity contribution is 0.0772. The Morgan fingerprint density at radius 3 is 2.84 bits per heavy atom. The average molecular weight is 274 g/mol. The van der Waals surface area contributed by atoms with Crippen LogP contribution in [0.25, 0.3) is 0 Å². The molecule has 0 bridgehead atoms. The van der Waals surface area contributed by atoms with Crippen molar-refractivity contribution in [2.75, 3.05) is 36.5 Å². The third kappa shape index (κ3) is 3.45. The Balaban J connectivity index is 2.10. The molecule has 1 saturated heterocycles. The monoisotopic (exact) mass is 274 g/mol. The van der Waals surface area contributed by atoms with Gasteiger partial charge in [0.05, 0.1) is 6.54 Å². The lowest BCUT2D eigenvalue weighted by Gasteiger charge is -2.26. The van der Waals surface area contributed by atoms with Crippen LogP contribution in [-0.2, 0) is 0 Å². The van der Waals surface area contributed by atoms with E-state index in [1.807, 2.05) is 41.8 Å². The molecule has 0 aromatic heterocycles. The predicted molar refractivity (Wildman–Crippen MR) is 81.7 cm³/mol. The summed E-state index contributed by atoms with van der Waals surface area (Å²) >= 11 is 1.90. The van der Waals surface area contributed by atoms with Crippen molar-refractivity contribution in [2.45, 2.75) is 6.92 Å². The Labute approximate surface area is 118 Å². The largest absolute Gasteiger partial charge is 0.374 e.